The number of nitrogens with zero attached hydrogens (tertiary/aromatic N) is 2. The van der Waals surface area contributed by atoms with Gasteiger partial charge in [0.1, 0.15) is 0 Å². The van der Waals surface area contributed by atoms with Crippen LogP contribution in [0.5, 0.6) is 0 Å². The van der Waals surface area contributed by atoms with E-state index < -0.39 is 26.6 Å². The third-order valence-electron chi connectivity index (χ3n) is 4.01. The van der Waals surface area contributed by atoms with Crippen molar-refractivity contribution in [3.63, 3.8) is 0 Å². The van der Waals surface area contributed by atoms with Crippen LogP contribution in [0, 0.1) is 11.6 Å². The number of aromatic nitrogens is 2. The van der Waals surface area contributed by atoms with E-state index in [0.29, 0.717) is 17.5 Å². The SMILES string of the molecule is O=S(=O)(Nc1cccc(-c2nnc(-c3ccccc3)o2)c1)c1ccc(F)c(F)c1. The van der Waals surface area contributed by atoms with Crippen LogP contribution in [0.25, 0.3) is 22.9 Å². The quantitative estimate of drug-likeness (QED) is 0.521. The molecule has 0 aliphatic heterocycles. The average molecular weight is 413 g/mol. The van der Waals surface area contributed by atoms with Crippen LogP contribution < -0.4 is 4.72 Å². The number of halogens is 2. The summed E-state index contributed by atoms with van der Waals surface area (Å²) in [5.74, 6) is -1.84. The van der Waals surface area contributed by atoms with Crippen LogP contribution in [-0.4, -0.2) is 18.6 Å². The lowest BCUT2D eigenvalue weighted by atomic mass is 10.2. The second kappa shape index (κ2) is 7.44. The first-order chi connectivity index (χ1) is 13.9. The molecule has 4 aromatic rings. The first-order valence-corrected chi connectivity index (χ1v) is 9.88. The highest BCUT2D eigenvalue weighted by molar-refractivity contribution is 7.92. The highest BCUT2D eigenvalue weighted by Gasteiger charge is 2.18. The molecule has 0 spiro atoms. The summed E-state index contributed by atoms with van der Waals surface area (Å²) in [5.41, 5.74) is 1.44. The Balaban J connectivity index is 1.61. The number of hydrogen-bond acceptors (Lipinski definition) is 5. The molecule has 0 radical (unpaired) electrons. The molecule has 4 rings (SSSR count). The summed E-state index contributed by atoms with van der Waals surface area (Å²) in [6, 6.07) is 17.8. The molecule has 9 heteroatoms. The van der Waals surface area contributed by atoms with Gasteiger partial charge in [-0.25, -0.2) is 17.2 Å². The van der Waals surface area contributed by atoms with Gasteiger partial charge in [-0.1, -0.05) is 24.3 Å². The van der Waals surface area contributed by atoms with Crippen molar-refractivity contribution >= 4 is 15.7 Å². The van der Waals surface area contributed by atoms with Gasteiger partial charge in [0.25, 0.3) is 10.0 Å². The topological polar surface area (TPSA) is 85.1 Å². The van der Waals surface area contributed by atoms with Gasteiger partial charge < -0.3 is 4.42 Å². The van der Waals surface area contributed by atoms with E-state index in [2.05, 4.69) is 14.9 Å². The van der Waals surface area contributed by atoms with Crippen LogP contribution in [0.4, 0.5) is 14.5 Å². The van der Waals surface area contributed by atoms with Crippen LogP contribution >= 0.6 is 0 Å². The lowest BCUT2D eigenvalue weighted by Crippen LogP contribution is -2.13. The van der Waals surface area contributed by atoms with Gasteiger partial charge in [-0.3, -0.25) is 4.72 Å². The lowest BCUT2D eigenvalue weighted by molar-refractivity contribution is 0.504. The zero-order chi connectivity index (χ0) is 20.4. The third-order valence-corrected chi connectivity index (χ3v) is 5.39. The maximum absolute atomic E-state index is 13.4. The van der Waals surface area contributed by atoms with E-state index in [0.717, 1.165) is 17.7 Å². The molecular weight excluding hydrogens is 400 g/mol. The molecular formula is C20H13F2N3O3S. The largest absolute Gasteiger partial charge is 0.416 e. The number of hydrogen-bond donors (Lipinski definition) is 1. The Bertz CT molecular complexity index is 1280. The summed E-state index contributed by atoms with van der Waals surface area (Å²) in [6.45, 7) is 0. The van der Waals surface area contributed by atoms with Gasteiger partial charge in [-0.15, -0.1) is 10.2 Å². The van der Waals surface area contributed by atoms with Crippen molar-refractivity contribution in [2.24, 2.45) is 0 Å². The van der Waals surface area contributed by atoms with E-state index in [4.69, 9.17) is 4.42 Å². The molecule has 0 amide bonds. The smallest absolute Gasteiger partial charge is 0.261 e. The van der Waals surface area contributed by atoms with Crippen molar-refractivity contribution in [2.75, 3.05) is 4.72 Å². The monoisotopic (exact) mass is 413 g/mol. The normalized spacial score (nSPS) is 11.4. The first kappa shape index (κ1) is 18.8. The maximum Gasteiger partial charge on any atom is 0.261 e. The molecule has 1 aromatic heterocycles. The molecule has 1 N–H and O–H groups in total. The molecule has 0 fully saturated rings. The van der Waals surface area contributed by atoms with Gasteiger partial charge in [-0.2, -0.15) is 0 Å². The van der Waals surface area contributed by atoms with Crippen LogP contribution in [-0.2, 0) is 10.0 Å². The summed E-state index contributed by atoms with van der Waals surface area (Å²) >= 11 is 0. The second-order valence-electron chi connectivity index (χ2n) is 6.04. The molecule has 0 saturated heterocycles. The number of sulfonamides is 1. The maximum atomic E-state index is 13.4. The van der Waals surface area contributed by atoms with Gasteiger partial charge >= 0.3 is 0 Å². The van der Waals surface area contributed by atoms with Gasteiger partial charge in [0.15, 0.2) is 11.6 Å². The van der Waals surface area contributed by atoms with Crippen LogP contribution in [0.15, 0.2) is 82.1 Å². The van der Waals surface area contributed by atoms with Gasteiger partial charge in [0.05, 0.1) is 4.90 Å². The summed E-state index contributed by atoms with van der Waals surface area (Å²) in [5, 5.41) is 7.99. The van der Waals surface area contributed by atoms with E-state index in [1.807, 2.05) is 30.3 Å². The second-order valence-corrected chi connectivity index (χ2v) is 7.72. The zero-order valence-corrected chi connectivity index (χ0v) is 15.5. The third kappa shape index (κ3) is 3.99. The Morgan fingerprint density at radius 2 is 1.45 bits per heavy atom. The molecule has 29 heavy (non-hydrogen) atoms. The molecule has 0 bridgehead atoms. The fourth-order valence-corrected chi connectivity index (χ4v) is 3.67. The Kier molecular flexibility index (Phi) is 4.81. The van der Waals surface area contributed by atoms with E-state index >= 15 is 0 Å². The van der Waals surface area contributed by atoms with Crippen molar-refractivity contribution < 1.29 is 21.6 Å². The molecule has 146 valence electrons. The van der Waals surface area contributed by atoms with E-state index in [9.17, 15) is 17.2 Å². The Labute approximate surface area is 164 Å². The van der Waals surface area contributed by atoms with Crippen LogP contribution in [0.3, 0.4) is 0 Å². The van der Waals surface area contributed by atoms with Crippen LogP contribution in [0.2, 0.25) is 0 Å². The average Bonchev–Trinajstić information content (AvgIpc) is 3.21. The number of anilines is 1. The molecule has 1 heterocycles. The first-order valence-electron chi connectivity index (χ1n) is 8.40. The van der Waals surface area contributed by atoms with Crippen molar-refractivity contribution in [3.05, 3.63) is 84.4 Å². The van der Waals surface area contributed by atoms with Crippen molar-refractivity contribution in [1.82, 2.24) is 10.2 Å². The zero-order valence-electron chi connectivity index (χ0n) is 14.7. The fourth-order valence-electron chi connectivity index (χ4n) is 2.61. The van der Waals surface area contributed by atoms with E-state index in [1.165, 1.54) is 12.1 Å². The summed E-state index contributed by atoms with van der Waals surface area (Å²) in [4.78, 5) is -0.397. The number of rotatable bonds is 5. The summed E-state index contributed by atoms with van der Waals surface area (Å²) < 4.78 is 59.3. The van der Waals surface area contributed by atoms with Crippen LogP contribution in [0.1, 0.15) is 0 Å². The molecule has 0 aliphatic rings. The summed E-state index contributed by atoms with van der Waals surface area (Å²) in [6.07, 6.45) is 0. The minimum absolute atomic E-state index is 0.201. The molecule has 0 saturated carbocycles. The van der Waals surface area contributed by atoms with Crippen molar-refractivity contribution in [2.45, 2.75) is 4.90 Å². The molecule has 0 aliphatic carbocycles. The van der Waals surface area contributed by atoms with Crippen molar-refractivity contribution in [1.29, 1.82) is 0 Å². The minimum Gasteiger partial charge on any atom is -0.416 e. The van der Waals surface area contributed by atoms with E-state index in [-0.39, 0.29) is 11.6 Å². The molecule has 0 unspecified atom stereocenters. The lowest BCUT2D eigenvalue weighted by Gasteiger charge is -2.09. The Morgan fingerprint density at radius 3 is 2.17 bits per heavy atom. The van der Waals surface area contributed by atoms with Gasteiger partial charge in [0, 0.05) is 16.8 Å². The van der Waals surface area contributed by atoms with Gasteiger partial charge in [-0.05, 0) is 48.5 Å². The molecule has 0 atom stereocenters. The van der Waals surface area contributed by atoms with E-state index in [1.54, 1.807) is 12.1 Å². The summed E-state index contributed by atoms with van der Waals surface area (Å²) in [7, 11) is -4.11. The molecule has 6 nitrogen and oxygen atoms in total. The predicted octanol–water partition coefficient (Wildman–Crippen LogP) is 4.48. The van der Waals surface area contributed by atoms with Gasteiger partial charge in [0.2, 0.25) is 11.8 Å². The number of benzene rings is 3. The highest BCUT2D eigenvalue weighted by atomic mass is 32.2. The standard InChI is InChI=1S/C20H13F2N3O3S/c21-17-10-9-16(12-18(17)22)29(26,27)25-15-8-4-7-14(11-15)20-24-23-19(28-20)13-5-2-1-3-6-13/h1-12,25H. The fraction of sp³-hybridized carbons (Fsp3) is 0. The Morgan fingerprint density at radius 1 is 0.759 bits per heavy atom. The van der Waals surface area contributed by atoms with Crippen molar-refractivity contribution in [3.8, 4) is 22.9 Å². The Hall–Kier alpha value is -3.59. The number of nitrogens with one attached hydrogen (secondary N) is 1. The minimum atomic E-state index is -4.11. The highest BCUT2D eigenvalue weighted by Crippen LogP contribution is 2.26. The molecule has 3 aromatic carbocycles. The predicted molar refractivity (Wildman–Crippen MR) is 102 cm³/mol.